The molecule has 0 radical (unpaired) electrons. The number of carbonyl (C=O) groups is 2. The Labute approximate surface area is 146 Å². The van der Waals surface area contributed by atoms with Crippen molar-refractivity contribution in [2.75, 3.05) is 5.32 Å². The van der Waals surface area contributed by atoms with E-state index in [1.54, 1.807) is 6.08 Å². The predicted molar refractivity (Wildman–Crippen MR) is 101 cm³/mol. The van der Waals surface area contributed by atoms with E-state index in [4.69, 9.17) is 0 Å². The number of carbonyl (C=O) groups excluding carboxylic acids is 2. The van der Waals surface area contributed by atoms with Crippen LogP contribution in [0.4, 0.5) is 5.69 Å². The molecule has 0 aliphatic rings. The predicted octanol–water partition coefficient (Wildman–Crippen LogP) is 3.96. The average Bonchev–Trinajstić information content (AvgIpc) is 2.62. The molecule has 4 nitrogen and oxygen atoms in total. The van der Waals surface area contributed by atoms with Gasteiger partial charge in [-0.3, -0.25) is 9.59 Å². The Hall–Kier alpha value is -3.40. The van der Waals surface area contributed by atoms with Gasteiger partial charge in [0.1, 0.15) is 5.70 Å². The monoisotopic (exact) mass is 330 g/mol. The van der Waals surface area contributed by atoms with E-state index < -0.39 is 0 Å². The Morgan fingerprint density at radius 2 is 1.52 bits per heavy atom. The highest BCUT2D eigenvalue weighted by molar-refractivity contribution is 6.11. The van der Waals surface area contributed by atoms with Gasteiger partial charge in [-0.2, -0.15) is 0 Å². The van der Waals surface area contributed by atoms with Gasteiger partial charge < -0.3 is 10.6 Å². The zero-order valence-electron chi connectivity index (χ0n) is 13.8. The highest BCUT2D eigenvalue weighted by atomic mass is 16.2. The normalized spacial score (nSPS) is 11.2. The molecule has 4 heteroatoms. The number of rotatable bonds is 4. The fourth-order valence-corrected chi connectivity index (χ4v) is 2.59. The maximum Gasteiger partial charge on any atom is 0.272 e. The lowest BCUT2D eigenvalue weighted by Gasteiger charge is -2.12. The van der Waals surface area contributed by atoms with Gasteiger partial charge in [-0.15, -0.1) is 0 Å². The van der Waals surface area contributed by atoms with Crippen LogP contribution in [-0.2, 0) is 9.59 Å². The van der Waals surface area contributed by atoms with Gasteiger partial charge in [-0.25, -0.2) is 0 Å². The number of amides is 2. The van der Waals surface area contributed by atoms with E-state index in [1.807, 2.05) is 72.8 Å². The molecular formula is C21H18N2O2. The van der Waals surface area contributed by atoms with E-state index in [-0.39, 0.29) is 17.5 Å². The van der Waals surface area contributed by atoms with Crippen molar-refractivity contribution in [1.29, 1.82) is 0 Å². The van der Waals surface area contributed by atoms with Gasteiger partial charge in [0.2, 0.25) is 5.91 Å². The second-order valence-electron chi connectivity index (χ2n) is 5.63. The SMILES string of the molecule is CC(=O)NC(=Cc1ccccc1)C(=O)Nc1cccc2ccccc12. The van der Waals surface area contributed by atoms with Crippen molar-refractivity contribution in [3.8, 4) is 0 Å². The molecule has 3 rings (SSSR count). The van der Waals surface area contributed by atoms with Gasteiger partial charge in [0.05, 0.1) is 0 Å². The maximum absolute atomic E-state index is 12.7. The number of anilines is 1. The van der Waals surface area contributed by atoms with Crippen molar-refractivity contribution in [2.24, 2.45) is 0 Å². The third-order valence-electron chi connectivity index (χ3n) is 3.70. The molecule has 0 fully saturated rings. The zero-order valence-corrected chi connectivity index (χ0v) is 13.8. The number of benzene rings is 3. The quantitative estimate of drug-likeness (QED) is 0.712. The van der Waals surface area contributed by atoms with Crippen molar-refractivity contribution < 1.29 is 9.59 Å². The third kappa shape index (κ3) is 4.12. The van der Waals surface area contributed by atoms with Crippen molar-refractivity contribution >= 4 is 34.4 Å². The molecule has 0 saturated carbocycles. The average molecular weight is 330 g/mol. The number of hydrogen-bond acceptors (Lipinski definition) is 2. The van der Waals surface area contributed by atoms with Gasteiger partial charge in [-0.05, 0) is 23.1 Å². The van der Waals surface area contributed by atoms with E-state index in [0.717, 1.165) is 16.3 Å². The molecule has 0 aliphatic carbocycles. The molecular weight excluding hydrogens is 312 g/mol. The van der Waals surface area contributed by atoms with Gasteiger partial charge in [0.25, 0.3) is 5.91 Å². The molecule has 0 saturated heterocycles. The zero-order chi connectivity index (χ0) is 17.6. The first-order chi connectivity index (χ1) is 12.1. The number of nitrogens with one attached hydrogen (secondary N) is 2. The molecule has 0 unspecified atom stereocenters. The van der Waals surface area contributed by atoms with Crippen molar-refractivity contribution in [1.82, 2.24) is 5.32 Å². The van der Waals surface area contributed by atoms with Crippen LogP contribution in [0.5, 0.6) is 0 Å². The first kappa shape index (κ1) is 16.5. The van der Waals surface area contributed by atoms with Crippen LogP contribution in [0.3, 0.4) is 0 Å². The molecule has 3 aromatic carbocycles. The number of fused-ring (bicyclic) bond motifs is 1. The maximum atomic E-state index is 12.7. The molecule has 0 atom stereocenters. The van der Waals surface area contributed by atoms with Gasteiger partial charge in [-0.1, -0.05) is 66.7 Å². The second-order valence-corrected chi connectivity index (χ2v) is 5.63. The molecule has 3 aromatic rings. The van der Waals surface area contributed by atoms with Crippen LogP contribution in [0, 0.1) is 0 Å². The van der Waals surface area contributed by atoms with Gasteiger partial charge >= 0.3 is 0 Å². The molecule has 0 spiro atoms. The molecule has 124 valence electrons. The summed E-state index contributed by atoms with van der Waals surface area (Å²) < 4.78 is 0. The van der Waals surface area contributed by atoms with Crippen LogP contribution in [0.1, 0.15) is 12.5 Å². The molecule has 2 N–H and O–H groups in total. The summed E-state index contributed by atoms with van der Waals surface area (Å²) in [7, 11) is 0. The lowest BCUT2D eigenvalue weighted by molar-refractivity contribution is -0.120. The van der Waals surface area contributed by atoms with Crippen molar-refractivity contribution in [3.05, 3.63) is 84.1 Å². The standard InChI is InChI=1S/C21H18N2O2/c1-15(24)22-20(14-16-8-3-2-4-9-16)21(25)23-19-13-7-11-17-10-5-6-12-18(17)19/h2-14H,1H3,(H,22,24)(H,23,25). The highest BCUT2D eigenvalue weighted by Crippen LogP contribution is 2.23. The Balaban J connectivity index is 1.92. The lowest BCUT2D eigenvalue weighted by Crippen LogP contribution is -2.29. The smallest absolute Gasteiger partial charge is 0.272 e. The Bertz CT molecular complexity index is 941. The summed E-state index contributed by atoms with van der Waals surface area (Å²) in [5.41, 5.74) is 1.73. The second kappa shape index (κ2) is 7.45. The Kier molecular flexibility index (Phi) is 4.90. The van der Waals surface area contributed by atoms with Crippen LogP contribution in [0.2, 0.25) is 0 Å². The summed E-state index contributed by atoms with van der Waals surface area (Å²) in [5, 5.41) is 7.48. The van der Waals surface area contributed by atoms with Crippen LogP contribution in [-0.4, -0.2) is 11.8 Å². The molecule has 0 aliphatic heterocycles. The van der Waals surface area contributed by atoms with E-state index in [9.17, 15) is 9.59 Å². The Morgan fingerprint density at radius 3 is 2.28 bits per heavy atom. The fraction of sp³-hybridized carbons (Fsp3) is 0.0476. The Morgan fingerprint density at radius 1 is 0.840 bits per heavy atom. The van der Waals surface area contributed by atoms with Crippen LogP contribution >= 0.6 is 0 Å². The van der Waals surface area contributed by atoms with E-state index in [2.05, 4.69) is 10.6 Å². The van der Waals surface area contributed by atoms with Crippen LogP contribution in [0.25, 0.3) is 16.8 Å². The third-order valence-corrected chi connectivity index (χ3v) is 3.70. The summed E-state index contributed by atoms with van der Waals surface area (Å²) in [6.45, 7) is 1.38. The molecule has 25 heavy (non-hydrogen) atoms. The van der Waals surface area contributed by atoms with Crippen molar-refractivity contribution in [3.63, 3.8) is 0 Å². The molecule has 0 aromatic heterocycles. The largest absolute Gasteiger partial charge is 0.322 e. The highest BCUT2D eigenvalue weighted by Gasteiger charge is 2.13. The van der Waals surface area contributed by atoms with Gasteiger partial charge in [0.15, 0.2) is 0 Å². The van der Waals surface area contributed by atoms with Gasteiger partial charge in [0, 0.05) is 18.0 Å². The van der Waals surface area contributed by atoms with Crippen molar-refractivity contribution in [2.45, 2.75) is 6.92 Å². The first-order valence-electron chi connectivity index (χ1n) is 7.97. The minimum atomic E-state index is -0.365. The lowest BCUT2D eigenvalue weighted by atomic mass is 10.1. The molecule has 0 heterocycles. The van der Waals surface area contributed by atoms with E-state index in [1.165, 1.54) is 6.92 Å². The number of hydrogen-bond donors (Lipinski definition) is 2. The first-order valence-corrected chi connectivity index (χ1v) is 7.97. The summed E-state index contributed by atoms with van der Waals surface area (Å²) in [4.78, 5) is 24.2. The molecule has 0 bridgehead atoms. The van der Waals surface area contributed by atoms with E-state index >= 15 is 0 Å². The van der Waals surface area contributed by atoms with Crippen LogP contribution in [0.15, 0.2) is 78.5 Å². The molecule has 2 amide bonds. The topological polar surface area (TPSA) is 58.2 Å². The summed E-state index contributed by atoms with van der Waals surface area (Å²) in [6, 6.07) is 22.9. The fourth-order valence-electron chi connectivity index (χ4n) is 2.59. The van der Waals surface area contributed by atoms with E-state index in [0.29, 0.717) is 5.69 Å². The summed E-state index contributed by atoms with van der Waals surface area (Å²) >= 11 is 0. The van der Waals surface area contributed by atoms with Crippen LogP contribution < -0.4 is 10.6 Å². The summed E-state index contributed by atoms with van der Waals surface area (Å²) in [6.07, 6.45) is 1.65. The minimum Gasteiger partial charge on any atom is -0.322 e. The minimum absolute atomic E-state index is 0.201. The summed E-state index contributed by atoms with van der Waals surface area (Å²) in [5.74, 6) is -0.661.